The lowest BCUT2D eigenvalue weighted by Crippen LogP contribution is -2.38. The van der Waals surface area contributed by atoms with Crippen molar-refractivity contribution in [3.05, 3.63) is 29.3 Å². The lowest BCUT2D eigenvalue weighted by atomic mass is 9.87. The first kappa shape index (κ1) is 12.9. The number of hydrogen-bond donors (Lipinski definition) is 2. The van der Waals surface area contributed by atoms with E-state index in [4.69, 9.17) is 5.73 Å². The number of nitrogens with one attached hydrogen (secondary N) is 1. The summed E-state index contributed by atoms with van der Waals surface area (Å²) in [6.07, 6.45) is 4.65. The third kappa shape index (κ3) is 2.84. The highest BCUT2D eigenvalue weighted by Gasteiger charge is 2.21. The van der Waals surface area contributed by atoms with E-state index in [0.717, 1.165) is 18.4 Å². The number of benzene rings is 1. The van der Waals surface area contributed by atoms with Gasteiger partial charge in [-0.25, -0.2) is 0 Å². The van der Waals surface area contributed by atoms with Crippen LogP contribution in [0.5, 0.6) is 0 Å². The second kappa shape index (κ2) is 5.42. The molecule has 18 heavy (non-hydrogen) atoms. The van der Waals surface area contributed by atoms with Crippen molar-refractivity contribution in [1.82, 2.24) is 5.32 Å². The third-order valence-corrected chi connectivity index (χ3v) is 3.84. The molecule has 0 aromatic heterocycles. The fourth-order valence-corrected chi connectivity index (χ4v) is 2.71. The fourth-order valence-electron chi connectivity index (χ4n) is 2.71. The van der Waals surface area contributed by atoms with Gasteiger partial charge in [0.2, 0.25) is 0 Å². The zero-order valence-electron chi connectivity index (χ0n) is 11.2. The molecule has 1 aliphatic rings. The number of anilines is 1. The maximum Gasteiger partial charge on any atom is 0.253 e. The Labute approximate surface area is 109 Å². The van der Waals surface area contributed by atoms with E-state index in [1.54, 1.807) is 6.07 Å². The second-order valence-electron chi connectivity index (χ2n) is 5.48. The van der Waals surface area contributed by atoms with Crippen LogP contribution in [-0.4, -0.2) is 11.9 Å². The minimum absolute atomic E-state index is 0.0321. The van der Waals surface area contributed by atoms with Crippen LogP contribution in [0.3, 0.4) is 0 Å². The Bertz CT molecular complexity index is 442. The Balaban J connectivity index is 2.05. The summed E-state index contributed by atoms with van der Waals surface area (Å²) in [7, 11) is 0. The minimum atomic E-state index is -0.0321. The molecule has 0 aliphatic heterocycles. The Morgan fingerprint density at radius 2 is 2.17 bits per heavy atom. The molecule has 0 saturated heterocycles. The van der Waals surface area contributed by atoms with Crippen molar-refractivity contribution in [2.24, 2.45) is 5.92 Å². The molecular formula is C15H22N2O. The molecule has 2 atom stereocenters. The van der Waals surface area contributed by atoms with Gasteiger partial charge in [0.05, 0.1) is 5.56 Å². The van der Waals surface area contributed by atoms with Crippen LogP contribution in [0, 0.1) is 12.8 Å². The summed E-state index contributed by atoms with van der Waals surface area (Å²) in [5.74, 6) is 0.675. The van der Waals surface area contributed by atoms with Crippen molar-refractivity contribution in [3.8, 4) is 0 Å². The molecule has 2 unspecified atom stereocenters. The molecule has 1 aliphatic carbocycles. The van der Waals surface area contributed by atoms with Crippen molar-refractivity contribution in [3.63, 3.8) is 0 Å². The standard InChI is InChI=1S/C15H22N2O/c1-10-5-3-7-12(9-10)17-15(18)13-8-4-6-11(2)14(13)16/h4,6,8,10,12H,3,5,7,9,16H2,1-2H3,(H,17,18). The minimum Gasteiger partial charge on any atom is -0.398 e. The number of hydrogen-bond acceptors (Lipinski definition) is 2. The van der Waals surface area contributed by atoms with Gasteiger partial charge in [0, 0.05) is 11.7 Å². The van der Waals surface area contributed by atoms with E-state index in [1.807, 2.05) is 19.1 Å². The Hall–Kier alpha value is -1.51. The Morgan fingerprint density at radius 1 is 1.39 bits per heavy atom. The number of para-hydroxylation sites is 1. The SMILES string of the molecule is Cc1cccc(C(=O)NC2CCCC(C)C2)c1N. The van der Waals surface area contributed by atoms with E-state index in [9.17, 15) is 4.79 Å². The number of carbonyl (C=O) groups excluding carboxylic acids is 1. The van der Waals surface area contributed by atoms with Gasteiger partial charge in [0.15, 0.2) is 0 Å². The number of amides is 1. The van der Waals surface area contributed by atoms with Crippen LogP contribution < -0.4 is 11.1 Å². The molecule has 1 saturated carbocycles. The summed E-state index contributed by atoms with van der Waals surface area (Å²) >= 11 is 0. The predicted molar refractivity (Wildman–Crippen MR) is 74.5 cm³/mol. The highest BCUT2D eigenvalue weighted by Crippen LogP contribution is 2.24. The predicted octanol–water partition coefficient (Wildman–Crippen LogP) is 2.89. The summed E-state index contributed by atoms with van der Waals surface area (Å²) < 4.78 is 0. The monoisotopic (exact) mass is 246 g/mol. The first-order valence-corrected chi connectivity index (χ1v) is 6.74. The number of nitrogens with two attached hydrogens (primary N) is 1. The van der Waals surface area contributed by atoms with E-state index in [-0.39, 0.29) is 5.91 Å². The number of rotatable bonds is 2. The first-order chi connectivity index (χ1) is 8.58. The van der Waals surface area contributed by atoms with E-state index >= 15 is 0 Å². The molecule has 3 N–H and O–H groups in total. The van der Waals surface area contributed by atoms with Crippen LogP contribution in [0.2, 0.25) is 0 Å². The molecule has 1 aromatic rings. The van der Waals surface area contributed by atoms with Gasteiger partial charge in [-0.3, -0.25) is 4.79 Å². The Kier molecular flexibility index (Phi) is 3.90. The highest BCUT2D eigenvalue weighted by molar-refractivity contribution is 5.99. The number of nitrogen functional groups attached to an aromatic ring is 1. The van der Waals surface area contributed by atoms with E-state index in [0.29, 0.717) is 23.2 Å². The van der Waals surface area contributed by atoms with Crippen molar-refractivity contribution in [1.29, 1.82) is 0 Å². The average molecular weight is 246 g/mol. The molecule has 0 spiro atoms. The van der Waals surface area contributed by atoms with Crippen molar-refractivity contribution in [2.45, 2.75) is 45.6 Å². The van der Waals surface area contributed by atoms with Gasteiger partial charge >= 0.3 is 0 Å². The number of aryl methyl sites for hydroxylation is 1. The van der Waals surface area contributed by atoms with Crippen LogP contribution in [0.15, 0.2) is 18.2 Å². The van der Waals surface area contributed by atoms with E-state index < -0.39 is 0 Å². The van der Waals surface area contributed by atoms with Crippen LogP contribution in [0.4, 0.5) is 5.69 Å². The fraction of sp³-hybridized carbons (Fsp3) is 0.533. The van der Waals surface area contributed by atoms with Crippen molar-refractivity contribution in [2.75, 3.05) is 5.73 Å². The maximum atomic E-state index is 12.2. The molecule has 0 radical (unpaired) electrons. The normalized spacial score (nSPS) is 23.7. The molecule has 3 heteroatoms. The van der Waals surface area contributed by atoms with E-state index in [1.165, 1.54) is 12.8 Å². The summed E-state index contributed by atoms with van der Waals surface area (Å²) in [6, 6.07) is 5.91. The van der Waals surface area contributed by atoms with Gasteiger partial charge < -0.3 is 11.1 Å². The molecule has 0 heterocycles. The van der Waals surface area contributed by atoms with Crippen LogP contribution in [0.1, 0.15) is 48.5 Å². The molecule has 98 valence electrons. The van der Waals surface area contributed by atoms with Gasteiger partial charge in [-0.1, -0.05) is 31.9 Å². The molecule has 1 aromatic carbocycles. The zero-order chi connectivity index (χ0) is 13.1. The summed E-state index contributed by atoms with van der Waals surface area (Å²) in [4.78, 5) is 12.2. The molecule has 0 bridgehead atoms. The summed E-state index contributed by atoms with van der Waals surface area (Å²) in [5, 5.41) is 3.11. The quantitative estimate of drug-likeness (QED) is 0.788. The topological polar surface area (TPSA) is 55.1 Å². The van der Waals surface area contributed by atoms with Crippen molar-refractivity contribution >= 4 is 11.6 Å². The lowest BCUT2D eigenvalue weighted by Gasteiger charge is -2.27. The second-order valence-corrected chi connectivity index (χ2v) is 5.48. The van der Waals surface area contributed by atoms with Gasteiger partial charge in [0.25, 0.3) is 5.91 Å². The van der Waals surface area contributed by atoms with Crippen molar-refractivity contribution < 1.29 is 4.79 Å². The summed E-state index contributed by atoms with van der Waals surface area (Å²) in [6.45, 7) is 4.17. The largest absolute Gasteiger partial charge is 0.398 e. The van der Waals surface area contributed by atoms with Gasteiger partial charge in [0.1, 0.15) is 0 Å². The van der Waals surface area contributed by atoms with Crippen LogP contribution >= 0.6 is 0 Å². The van der Waals surface area contributed by atoms with Gasteiger partial charge in [-0.2, -0.15) is 0 Å². The maximum absolute atomic E-state index is 12.2. The molecule has 1 fully saturated rings. The first-order valence-electron chi connectivity index (χ1n) is 6.74. The number of carbonyl (C=O) groups is 1. The smallest absolute Gasteiger partial charge is 0.253 e. The third-order valence-electron chi connectivity index (χ3n) is 3.84. The lowest BCUT2D eigenvalue weighted by molar-refractivity contribution is 0.0922. The average Bonchev–Trinajstić information content (AvgIpc) is 2.32. The van der Waals surface area contributed by atoms with Gasteiger partial charge in [-0.05, 0) is 37.3 Å². The molecule has 3 nitrogen and oxygen atoms in total. The van der Waals surface area contributed by atoms with E-state index in [2.05, 4.69) is 12.2 Å². The van der Waals surface area contributed by atoms with Crippen LogP contribution in [-0.2, 0) is 0 Å². The Morgan fingerprint density at radius 3 is 2.89 bits per heavy atom. The highest BCUT2D eigenvalue weighted by atomic mass is 16.1. The zero-order valence-corrected chi connectivity index (χ0v) is 11.2. The summed E-state index contributed by atoms with van der Waals surface area (Å²) in [5.41, 5.74) is 8.11. The molecule has 1 amide bonds. The van der Waals surface area contributed by atoms with Crippen LogP contribution in [0.25, 0.3) is 0 Å². The molecule has 2 rings (SSSR count). The van der Waals surface area contributed by atoms with Gasteiger partial charge in [-0.15, -0.1) is 0 Å². The molecular weight excluding hydrogens is 224 g/mol.